The first-order valence-electron chi connectivity index (χ1n) is 9.26. The zero-order valence-electron chi connectivity index (χ0n) is 15.0. The lowest BCUT2D eigenvalue weighted by Gasteiger charge is -2.24. The second-order valence-corrected chi connectivity index (χ2v) is 6.65. The standard InChI is InChI=1S/C18H25N7/c1-3-11-25-17(20-21-22-25)13-23-12-7-10-16(23)18-19-14-8-5-6-9-15(14)24(18)4-2/h5-6,8-9,16H,3-4,7,10-13H2,1-2H3. The first-order chi connectivity index (χ1) is 12.3. The van der Waals surface area contributed by atoms with Gasteiger partial charge in [0.05, 0.1) is 23.6 Å². The Balaban J connectivity index is 1.64. The maximum absolute atomic E-state index is 4.97. The van der Waals surface area contributed by atoms with Gasteiger partial charge in [-0.15, -0.1) is 5.10 Å². The molecule has 0 spiro atoms. The van der Waals surface area contributed by atoms with Gasteiger partial charge in [0.25, 0.3) is 0 Å². The van der Waals surface area contributed by atoms with Gasteiger partial charge in [0, 0.05) is 13.1 Å². The van der Waals surface area contributed by atoms with Crippen LogP contribution in [0.4, 0.5) is 0 Å². The highest BCUT2D eigenvalue weighted by atomic mass is 15.5. The highest BCUT2D eigenvalue weighted by Crippen LogP contribution is 2.34. The van der Waals surface area contributed by atoms with Crippen LogP contribution < -0.4 is 0 Å². The summed E-state index contributed by atoms with van der Waals surface area (Å²) in [4.78, 5) is 7.44. The van der Waals surface area contributed by atoms with Gasteiger partial charge in [-0.2, -0.15) is 0 Å². The summed E-state index contributed by atoms with van der Waals surface area (Å²) >= 11 is 0. The van der Waals surface area contributed by atoms with Gasteiger partial charge in [0.1, 0.15) is 5.82 Å². The molecule has 1 aliphatic rings. The second kappa shape index (κ2) is 6.92. The zero-order chi connectivity index (χ0) is 17.2. The Morgan fingerprint density at radius 1 is 1.20 bits per heavy atom. The van der Waals surface area contributed by atoms with Crippen molar-refractivity contribution >= 4 is 11.0 Å². The van der Waals surface area contributed by atoms with Crippen molar-refractivity contribution < 1.29 is 0 Å². The highest BCUT2D eigenvalue weighted by molar-refractivity contribution is 5.76. The number of likely N-dealkylation sites (tertiary alicyclic amines) is 1. The van der Waals surface area contributed by atoms with E-state index in [1.54, 1.807) is 0 Å². The molecular formula is C18H25N7. The summed E-state index contributed by atoms with van der Waals surface area (Å²) in [6.45, 7) is 8.00. The molecule has 7 heteroatoms. The van der Waals surface area contributed by atoms with Crippen molar-refractivity contribution in [2.75, 3.05) is 6.54 Å². The number of rotatable bonds is 6. The summed E-state index contributed by atoms with van der Waals surface area (Å²) in [5.74, 6) is 2.13. The van der Waals surface area contributed by atoms with E-state index < -0.39 is 0 Å². The smallest absolute Gasteiger partial charge is 0.165 e. The molecule has 0 aliphatic carbocycles. The molecule has 1 saturated heterocycles. The largest absolute Gasteiger partial charge is 0.327 e. The quantitative estimate of drug-likeness (QED) is 0.691. The van der Waals surface area contributed by atoms with Gasteiger partial charge in [-0.3, -0.25) is 4.90 Å². The molecule has 25 heavy (non-hydrogen) atoms. The first kappa shape index (κ1) is 16.2. The lowest BCUT2D eigenvalue weighted by molar-refractivity contribution is 0.225. The van der Waals surface area contributed by atoms with Crippen LogP contribution >= 0.6 is 0 Å². The molecule has 2 aromatic heterocycles. The van der Waals surface area contributed by atoms with Crippen molar-refractivity contribution in [1.29, 1.82) is 0 Å². The number of aryl methyl sites for hydroxylation is 2. The van der Waals surface area contributed by atoms with E-state index in [0.717, 1.165) is 50.4 Å². The fraction of sp³-hybridized carbons (Fsp3) is 0.556. The van der Waals surface area contributed by atoms with Crippen LogP contribution in [-0.4, -0.2) is 41.2 Å². The molecule has 1 unspecified atom stereocenters. The summed E-state index contributed by atoms with van der Waals surface area (Å²) in [5, 5.41) is 12.2. The maximum Gasteiger partial charge on any atom is 0.165 e. The summed E-state index contributed by atoms with van der Waals surface area (Å²) in [7, 11) is 0. The lowest BCUT2D eigenvalue weighted by Crippen LogP contribution is -2.27. The van der Waals surface area contributed by atoms with E-state index in [1.165, 1.54) is 17.8 Å². The second-order valence-electron chi connectivity index (χ2n) is 6.65. The number of fused-ring (bicyclic) bond motifs is 1. The van der Waals surface area contributed by atoms with Gasteiger partial charge >= 0.3 is 0 Å². The predicted molar refractivity (Wildman–Crippen MR) is 95.9 cm³/mol. The molecule has 0 bridgehead atoms. The number of aromatic nitrogens is 6. The van der Waals surface area contributed by atoms with Gasteiger partial charge in [-0.05, 0) is 55.3 Å². The Bertz CT molecular complexity index is 850. The average Bonchev–Trinajstić information content (AvgIpc) is 3.34. The maximum atomic E-state index is 4.97. The van der Waals surface area contributed by atoms with Crippen molar-refractivity contribution in [1.82, 2.24) is 34.7 Å². The summed E-state index contributed by atoms with van der Waals surface area (Å²) in [6.07, 6.45) is 3.36. The van der Waals surface area contributed by atoms with Crippen LogP contribution in [0.15, 0.2) is 24.3 Å². The van der Waals surface area contributed by atoms with E-state index in [0.29, 0.717) is 6.04 Å². The minimum absolute atomic E-state index is 0.333. The first-order valence-corrected chi connectivity index (χ1v) is 9.26. The van der Waals surface area contributed by atoms with Gasteiger partial charge in [0.15, 0.2) is 5.82 Å². The SMILES string of the molecule is CCCn1nnnc1CN1CCCC1c1nc2ccccc2n1CC. The molecule has 132 valence electrons. The van der Waals surface area contributed by atoms with Crippen molar-refractivity contribution in [2.24, 2.45) is 0 Å². The minimum Gasteiger partial charge on any atom is -0.327 e. The summed E-state index contributed by atoms with van der Waals surface area (Å²) < 4.78 is 4.28. The average molecular weight is 339 g/mol. The Morgan fingerprint density at radius 2 is 2.08 bits per heavy atom. The summed E-state index contributed by atoms with van der Waals surface area (Å²) in [6, 6.07) is 8.75. The number of imidazole rings is 1. The fourth-order valence-electron chi connectivity index (χ4n) is 3.89. The van der Waals surface area contributed by atoms with Crippen LogP contribution in [0.1, 0.15) is 50.8 Å². The third-order valence-corrected chi connectivity index (χ3v) is 5.05. The molecule has 0 amide bonds. The van der Waals surface area contributed by atoms with Gasteiger partial charge in [-0.25, -0.2) is 9.67 Å². The molecule has 0 N–H and O–H groups in total. The molecule has 0 saturated carbocycles. The molecule has 0 radical (unpaired) electrons. The molecule has 1 fully saturated rings. The molecule has 1 aliphatic heterocycles. The Labute approximate surface area is 147 Å². The van der Waals surface area contributed by atoms with E-state index in [2.05, 4.69) is 63.1 Å². The monoisotopic (exact) mass is 339 g/mol. The van der Waals surface area contributed by atoms with Crippen LogP contribution in [0, 0.1) is 0 Å². The topological polar surface area (TPSA) is 64.7 Å². The van der Waals surface area contributed by atoms with E-state index >= 15 is 0 Å². The Kier molecular flexibility index (Phi) is 4.48. The lowest BCUT2D eigenvalue weighted by atomic mass is 10.2. The van der Waals surface area contributed by atoms with Crippen LogP contribution in [-0.2, 0) is 19.6 Å². The highest BCUT2D eigenvalue weighted by Gasteiger charge is 2.31. The zero-order valence-corrected chi connectivity index (χ0v) is 15.0. The predicted octanol–water partition coefficient (Wildman–Crippen LogP) is 2.79. The number of para-hydroxylation sites is 2. The van der Waals surface area contributed by atoms with Crippen molar-refractivity contribution in [3.63, 3.8) is 0 Å². The molecule has 1 aromatic carbocycles. The van der Waals surface area contributed by atoms with Crippen molar-refractivity contribution in [2.45, 2.75) is 58.8 Å². The third kappa shape index (κ3) is 2.93. The normalized spacial score (nSPS) is 18.4. The van der Waals surface area contributed by atoms with Crippen LogP contribution in [0.2, 0.25) is 0 Å². The number of benzene rings is 1. The van der Waals surface area contributed by atoms with E-state index in [1.807, 2.05) is 4.68 Å². The van der Waals surface area contributed by atoms with E-state index in [4.69, 9.17) is 4.98 Å². The van der Waals surface area contributed by atoms with E-state index in [9.17, 15) is 0 Å². The van der Waals surface area contributed by atoms with Gasteiger partial charge in [-0.1, -0.05) is 19.1 Å². The Hall–Kier alpha value is -2.28. The minimum atomic E-state index is 0.333. The number of nitrogens with zero attached hydrogens (tertiary/aromatic N) is 7. The summed E-state index contributed by atoms with van der Waals surface area (Å²) in [5.41, 5.74) is 2.31. The van der Waals surface area contributed by atoms with Gasteiger partial charge < -0.3 is 4.57 Å². The molecule has 1 atom stereocenters. The molecule has 4 rings (SSSR count). The van der Waals surface area contributed by atoms with Crippen LogP contribution in [0.3, 0.4) is 0 Å². The fourth-order valence-corrected chi connectivity index (χ4v) is 3.89. The number of hydrogen-bond donors (Lipinski definition) is 0. The Morgan fingerprint density at radius 3 is 2.92 bits per heavy atom. The van der Waals surface area contributed by atoms with Crippen LogP contribution in [0.5, 0.6) is 0 Å². The molecule has 3 aromatic rings. The van der Waals surface area contributed by atoms with Crippen molar-refractivity contribution in [3.8, 4) is 0 Å². The molecule has 7 nitrogen and oxygen atoms in total. The molecular weight excluding hydrogens is 314 g/mol. The third-order valence-electron chi connectivity index (χ3n) is 5.05. The van der Waals surface area contributed by atoms with E-state index in [-0.39, 0.29) is 0 Å². The van der Waals surface area contributed by atoms with Crippen molar-refractivity contribution in [3.05, 3.63) is 35.9 Å². The molecule has 3 heterocycles. The van der Waals surface area contributed by atoms with Gasteiger partial charge in [0.2, 0.25) is 0 Å². The van der Waals surface area contributed by atoms with Crippen LogP contribution in [0.25, 0.3) is 11.0 Å². The number of tetrazole rings is 1. The number of hydrogen-bond acceptors (Lipinski definition) is 5.